The molecule has 1 N–H and O–H groups in total. The number of aryl methyl sites for hydroxylation is 2. The minimum Gasteiger partial charge on any atom is -0.484 e. The fraction of sp³-hybridized carbons (Fsp3) is 0.391. The number of hydrogen-bond donors (Lipinski definition) is 1. The molecule has 1 unspecified atom stereocenters. The lowest BCUT2D eigenvalue weighted by Gasteiger charge is -2.29. The molecule has 0 aliphatic carbocycles. The molecule has 0 radical (unpaired) electrons. The molecule has 2 aromatic rings. The summed E-state index contributed by atoms with van der Waals surface area (Å²) in [5.74, 6) is -0.625. The molecule has 0 aliphatic rings. The summed E-state index contributed by atoms with van der Waals surface area (Å²) in [6.07, 6.45) is 0.776. The van der Waals surface area contributed by atoms with Crippen LogP contribution < -0.4 is 10.1 Å². The molecule has 0 saturated carbocycles. The van der Waals surface area contributed by atoms with E-state index in [1.165, 1.54) is 11.0 Å². The first-order valence-electron chi connectivity index (χ1n) is 9.94. The lowest BCUT2D eigenvalue weighted by molar-refractivity contribution is -0.142. The Balaban J connectivity index is 2.18. The molecule has 2 aromatic carbocycles. The highest BCUT2D eigenvalue weighted by atomic mass is 35.5. The Morgan fingerprint density at radius 3 is 2.43 bits per heavy atom. The molecule has 0 spiro atoms. The van der Waals surface area contributed by atoms with Crippen molar-refractivity contribution in [2.24, 2.45) is 0 Å². The maximum absolute atomic E-state index is 14.2. The lowest BCUT2D eigenvalue weighted by Crippen LogP contribution is -2.49. The first-order valence-corrected chi connectivity index (χ1v) is 10.3. The molecule has 0 aliphatic heterocycles. The lowest BCUT2D eigenvalue weighted by atomic mass is 10.1. The Morgan fingerprint density at radius 2 is 1.83 bits per heavy atom. The van der Waals surface area contributed by atoms with Crippen molar-refractivity contribution in [2.45, 2.75) is 46.7 Å². The molecule has 7 heteroatoms. The predicted octanol–water partition coefficient (Wildman–Crippen LogP) is 4.42. The highest BCUT2D eigenvalue weighted by Crippen LogP contribution is 2.26. The summed E-state index contributed by atoms with van der Waals surface area (Å²) in [7, 11) is 0. The molecule has 162 valence electrons. The fourth-order valence-corrected chi connectivity index (χ4v) is 3.12. The molecule has 0 heterocycles. The van der Waals surface area contributed by atoms with E-state index in [1.807, 2.05) is 20.8 Å². The van der Waals surface area contributed by atoms with Crippen LogP contribution in [0.2, 0.25) is 5.02 Å². The van der Waals surface area contributed by atoms with Crippen LogP contribution in [0.5, 0.6) is 5.75 Å². The van der Waals surface area contributed by atoms with Gasteiger partial charge in [0.05, 0.1) is 0 Å². The number of carbonyl (C=O) groups excluding carboxylic acids is 2. The number of amides is 2. The van der Waals surface area contributed by atoms with Gasteiger partial charge in [0.1, 0.15) is 17.6 Å². The van der Waals surface area contributed by atoms with Crippen LogP contribution in [0.4, 0.5) is 4.39 Å². The summed E-state index contributed by atoms with van der Waals surface area (Å²) in [5, 5.41) is 3.43. The molecule has 1 atom stereocenters. The van der Waals surface area contributed by atoms with Gasteiger partial charge in [0.2, 0.25) is 5.91 Å². The Morgan fingerprint density at radius 1 is 1.20 bits per heavy atom. The van der Waals surface area contributed by atoms with Crippen LogP contribution in [-0.2, 0) is 16.1 Å². The second-order valence-electron chi connectivity index (χ2n) is 7.24. The Hall–Kier alpha value is -2.60. The number of nitrogens with zero attached hydrogens (tertiary/aromatic N) is 1. The third-order valence-corrected chi connectivity index (χ3v) is 5.38. The van der Waals surface area contributed by atoms with Crippen molar-refractivity contribution in [3.05, 3.63) is 63.9 Å². The molecule has 0 aromatic heterocycles. The van der Waals surface area contributed by atoms with Gasteiger partial charge in [-0.25, -0.2) is 4.39 Å². The summed E-state index contributed by atoms with van der Waals surface area (Å²) in [5.41, 5.74) is 2.02. The van der Waals surface area contributed by atoms with Crippen molar-refractivity contribution in [1.29, 1.82) is 0 Å². The number of hydrogen-bond acceptors (Lipinski definition) is 3. The highest BCUT2D eigenvalue weighted by molar-refractivity contribution is 6.32. The Labute approximate surface area is 182 Å². The SMILES string of the molecule is CCCNC(=O)C(C)N(Cc1ccccc1F)C(=O)COc1cc(C)c(Cl)c(C)c1. The van der Waals surface area contributed by atoms with Crippen LogP contribution in [0.1, 0.15) is 37.0 Å². The van der Waals surface area contributed by atoms with Crippen molar-refractivity contribution in [3.8, 4) is 5.75 Å². The second kappa shape index (κ2) is 11.0. The third kappa shape index (κ3) is 6.20. The zero-order valence-electron chi connectivity index (χ0n) is 17.8. The summed E-state index contributed by atoms with van der Waals surface area (Å²) < 4.78 is 19.8. The van der Waals surface area contributed by atoms with Gasteiger partial charge in [-0.2, -0.15) is 0 Å². The van der Waals surface area contributed by atoms with Gasteiger partial charge < -0.3 is 15.0 Å². The van der Waals surface area contributed by atoms with Gasteiger partial charge >= 0.3 is 0 Å². The van der Waals surface area contributed by atoms with Crippen LogP contribution >= 0.6 is 11.6 Å². The maximum atomic E-state index is 14.2. The summed E-state index contributed by atoms with van der Waals surface area (Å²) in [6.45, 7) is 7.47. The minimum absolute atomic E-state index is 0.0335. The molecule has 0 bridgehead atoms. The number of carbonyl (C=O) groups is 2. The van der Waals surface area contributed by atoms with Crippen molar-refractivity contribution in [1.82, 2.24) is 10.2 Å². The first kappa shape index (κ1) is 23.7. The van der Waals surface area contributed by atoms with E-state index >= 15 is 0 Å². The predicted molar refractivity (Wildman–Crippen MR) is 116 cm³/mol. The van der Waals surface area contributed by atoms with Gasteiger partial charge in [0.15, 0.2) is 6.61 Å². The van der Waals surface area contributed by atoms with Crippen molar-refractivity contribution >= 4 is 23.4 Å². The van der Waals surface area contributed by atoms with E-state index in [1.54, 1.807) is 37.3 Å². The van der Waals surface area contributed by atoms with Gasteiger partial charge in [0.25, 0.3) is 5.91 Å². The third-order valence-electron chi connectivity index (χ3n) is 4.79. The molecule has 0 saturated heterocycles. The van der Waals surface area contributed by atoms with E-state index in [0.29, 0.717) is 22.9 Å². The number of nitrogens with one attached hydrogen (secondary N) is 1. The minimum atomic E-state index is -0.777. The molecule has 2 amide bonds. The molecule has 2 rings (SSSR count). The summed E-state index contributed by atoms with van der Waals surface area (Å²) >= 11 is 6.18. The monoisotopic (exact) mass is 434 g/mol. The average Bonchev–Trinajstić information content (AvgIpc) is 2.72. The molecular weight excluding hydrogens is 407 g/mol. The van der Waals surface area contributed by atoms with Crippen LogP contribution in [0.3, 0.4) is 0 Å². The molecule has 0 fully saturated rings. The number of benzene rings is 2. The van der Waals surface area contributed by atoms with E-state index in [4.69, 9.17) is 16.3 Å². The quantitative estimate of drug-likeness (QED) is 0.635. The Bertz CT molecular complexity index is 881. The van der Waals surface area contributed by atoms with Gasteiger partial charge in [-0.1, -0.05) is 36.7 Å². The summed E-state index contributed by atoms with van der Waals surface area (Å²) in [6, 6.07) is 8.92. The van der Waals surface area contributed by atoms with Crippen LogP contribution in [0, 0.1) is 19.7 Å². The van der Waals surface area contributed by atoms with Crippen molar-refractivity contribution in [3.63, 3.8) is 0 Å². The number of ether oxygens (including phenoxy) is 1. The van der Waals surface area contributed by atoms with Crippen molar-refractivity contribution in [2.75, 3.05) is 13.2 Å². The normalized spacial score (nSPS) is 11.7. The molecular formula is C23H28ClFN2O3. The fourth-order valence-electron chi connectivity index (χ4n) is 3.01. The zero-order chi connectivity index (χ0) is 22.3. The van der Waals surface area contributed by atoms with E-state index in [-0.39, 0.29) is 19.1 Å². The standard InChI is InChI=1S/C23H28ClFN2O3/c1-5-10-26-23(29)17(4)27(13-18-8-6-7-9-20(18)25)21(28)14-30-19-11-15(2)22(24)16(3)12-19/h6-9,11-12,17H,5,10,13-14H2,1-4H3,(H,26,29). The maximum Gasteiger partial charge on any atom is 0.261 e. The summed E-state index contributed by atoms with van der Waals surface area (Å²) in [4.78, 5) is 26.8. The zero-order valence-corrected chi connectivity index (χ0v) is 18.6. The molecule has 5 nitrogen and oxygen atoms in total. The van der Waals surface area contributed by atoms with Gasteiger partial charge in [0, 0.05) is 23.7 Å². The number of halogens is 2. The van der Waals surface area contributed by atoms with E-state index in [0.717, 1.165) is 17.5 Å². The van der Waals surface area contributed by atoms with Gasteiger partial charge in [-0.15, -0.1) is 0 Å². The van der Waals surface area contributed by atoms with E-state index < -0.39 is 17.8 Å². The van der Waals surface area contributed by atoms with Crippen LogP contribution in [0.15, 0.2) is 36.4 Å². The Kier molecular flexibility index (Phi) is 8.66. The second-order valence-corrected chi connectivity index (χ2v) is 7.62. The first-order chi connectivity index (χ1) is 14.2. The topological polar surface area (TPSA) is 58.6 Å². The highest BCUT2D eigenvalue weighted by Gasteiger charge is 2.27. The smallest absolute Gasteiger partial charge is 0.261 e. The van der Waals surface area contributed by atoms with Crippen molar-refractivity contribution < 1.29 is 18.7 Å². The van der Waals surface area contributed by atoms with Crippen LogP contribution in [0.25, 0.3) is 0 Å². The van der Waals surface area contributed by atoms with E-state index in [9.17, 15) is 14.0 Å². The average molecular weight is 435 g/mol. The number of rotatable bonds is 9. The van der Waals surface area contributed by atoms with Gasteiger partial charge in [-0.3, -0.25) is 9.59 Å². The largest absolute Gasteiger partial charge is 0.484 e. The van der Waals surface area contributed by atoms with Crippen LogP contribution in [-0.4, -0.2) is 35.9 Å². The van der Waals surface area contributed by atoms with E-state index in [2.05, 4.69) is 5.32 Å². The molecule has 30 heavy (non-hydrogen) atoms. The van der Waals surface area contributed by atoms with Gasteiger partial charge in [-0.05, 0) is 56.5 Å².